The van der Waals surface area contributed by atoms with Crippen molar-refractivity contribution in [2.45, 2.75) is 6.54 Å². The number of fused-ring (bicyclic) bond motifs is 1. The van der Waals surface area contributed by atoms with Gasteiger partial charge in [-0.15, -0.1) is 4.73 Å². The van der Waals surface area contributed by atoms with Gasteiger partial charge in [-0.2, -0.15) is 0 Å². The molecule has 6 heteroatoms. The average molecular weight is 285 g/mol. The number of aromatic nitrogens is 2. The Bertz CT molecular complexity index is 861. The van der Waals surface area contributed by atoms with Crippen molar-refractivity contribution in [2.75, 3.05) is 5.32 Å². The van der Waals surface area contributed by atoms with E-state index in [1.165, 1.54) is 24.4 Å². The van der Waals surface area contributed by atoms with E-state index >= 15 is 0 Å². The molecule has 0 aliphatic carbocycles. The molecule has 1 aromatic carbocycles. The van der Waals surface area contributed by atoms with Crippen LogP contribution in [0.15, 0.2) is 53.5 Å². The molecule has 2 heterocycles. The second-order valence-corrected chi connectivity index (χ2v) is 4.57. The van der Waals surface area contributed by atoms with Crippen molar-refractivity contribution < 1.29 is 9.60 Å². The molecule has 106 valence electrons. The number of halogens is 1. The summed E-state index contributed by atoms with van der Waals surface area (Å²) in [7, 11) is 0. The molecule has 0 aliphatic heterocycles. The van der Waals surface area contributed by atoms with Gasteiger partial charge in [-0.05, 0) is 29.8 Å². The monoisotopic (exact) mass is 285 g/mol. The van der Waals surface area contributed by atoms with Crippen LogP contribution in [0, 0.1) is 5.82 Å². The minimum Gasteiger partial charge on any atom is -0.423 e. The Morgan fingerprint density at radius 3 is 2.90 bits per heavy atom. The molecule has 0 radical (unpaired) electrons. The van der Waals surface area contributed by atoms with Gasteiger partial charge in [0.1, 0.15) is 5.82 Å². The van der Waals surface area contributed by atoms with Crippen LogP contribution < -0.4 is 10.9 Å². The van der Waals surface area contributed by atoms with Crippen LogP contribution in [0.5, 0.6) is 0 Å². The van der Waals surface area contributed by atoms with Gasteiger partial charge in [-0.1, -0.05) is 12.1 Å². The molecule has 2 N–H and O–H groups in total. The molecule has 21 heavy (non-hydrogen) atoms. The molecule has 0 amide bonds. The van der Waals surface area contributed by atoms with Crippen LogP contribution in [0.1, 0.15) is 5.56 Å². The van der Waals surface area contributed by atoms with Crippen LogP contribution in [0.4, 0.5) is 10.1 Å². The van der Waals surface area contributed by atoms with Gasteiger partial charge in [-0.25, -0.2) is 9.37 Å². The van der Waals surface area contributed by atoms with Gasteiger partial charge in [-0.3, -0.25) is 4.79 Å². The summed E-state index contributed by atoms with van der Waals surface area (Å²) >= 11 is 0. The molecule has 0 saturated heterocycles. The third kappa shape index (κ3) is 2.55. The Morgan fingerprint density at radius 2 is 2.10 bits per heavy atom. The van der Waals surface area contributed by atoms with Gasteiger partial charge in [0.05, 0.1) is 5.69 Å². The number of nitrogens with one attached hydrogen (secondary N) is 1. The summed E-state index contributed by atoms with van der Waals surface area (Å²) in [6, 6.07) is 10.9. The van der Waals surface area contributed by atoms with Crippen molar-refractivity contribution >= 4 is 16.7 Å². The van der Waals surface area contributed by atoms with E-state index in [1.54, 1.807) is 24.3 Å². The van der Waals surface area contributed by atoms with Crippen LogP contribution in [-0.2, 0) is 6.54 Å². The van der Waals surface area contributed by atoms with Crippen molar-refractivity contribution in [2.24, 2.45) is 0 Å². The topological polar surface area (TPSA) is 67.2 Å². The summed E-state index contributed by atoms with van der Waals surface area (Å²) in [5.41, 5.74) is 0.882. The number of benzene rings is 1. The highest BCUT2D eigenvalue weighted by Gasteiger charge is 2.08. The third-order valence-corrected chi connectivity index (χ3v) is 3.13. The quantitative estimate of drug-likeness (QED) is 0.725. The predicted molar refractivity (Wildman–Crippen MR) is 76.9 cm³/mol. The highest BCUT2D eigenvalue weighted by Crippen LogP contribution is 2.19. The van der Waals surface area contributed by atoms with E-state index in [2.05, 4.69) is 10.3 Å². The SMILES string of the molecule is O=c1cc(NCc2cccc(F)c2)c2cccnc2n1O. The molecule has 2 aromatic heterocycles. The van der Waals surface area contributed by atoms with Gasteiger partial charge in [0, 0.05) is 24.2 Å². The van der Waals surface area contributed by atoms with E-state index < -0.39 is 5.56 Å². The lowest BCUT2D eigenvalue weighted by molar-refractivity contribution is 0.187. The van der Waals surface area contributed by atoms with Crippen molar-refractivity contribution in [3.05, 3.63) is 70.4 Å². The number of hydrogen-bond acceptors (Lipinski definition) is 4. The molecule has 0 fully saturated rings. The number of pyridine rings is 2. The van der Waals surface area contributed by atoms with Crippen LogP contribution >= 0.6 is 0 Å². The largest absolute Gasteiger partial charge is 0.423 e. The molecule has 0 unspecified atom stereocenters. The first kappa shape index (κ1) is 13.1. The highest BCUT2D eigenvalue weighted by atomic mass is 19.1. The predicted octanol–water partition coefficient (Wildman–Crippen LogP) is 2.38. The van der Waals surface area contributed by atoms with Crippen molar-refractivity contribution in [3.63, 3.8) is 0 Å². The summed E-state index contributed by atoms with van der Waals surface area (Å²) in [5, 5.41) is 13.3. The maximum atomic E-state index is 13.1. The maximum Gasteiger partial charge on any atom is 0.286 e. The Kier molecular flexibility index (Phi) is 3.27. The molecular weight excluding hydrogens is 273 g/mol. The zero-order chi connectivity index (χ0) is 14.8. The van der Waals surface area contributed by atoms with E-state index in [0.717, 1.165) is 5.56 Å². The number of rotatable bonds is 3. The molecule has 3 aromatic rings. The first-order chi connectivity index (χ1) is 10.1. The first-order valence-electron chi connectivity index (χ1n) is 6.33. The van der Waals surface area contributed by atoms with Crippen LogP contribution in [0.2, 0.25) is 0 Å². The lowest BCUT2D eigenvalue weighted by Gasteiger charge is -2.10. The van der Waals surface area contributed by atoms with Gasteiger partial charge in [0.2, 0.25) is 0 Å². The van der Waals surface area contributed by atoms with E-state index in [1.807, 2.05) is 0 Å². The molecule has 3 rings (SSSR count). The summed E-state index contributed by atoms with van der Waals surface area (Å²) in [6.07, 6.45) is 1.49. The number of nitrogens with zero attached hydrogens (tertiary/aromatic N) is 2. The Labute approximate surface area is 119 Å². The summed E-state index contributed by atoms with van der Waals surface area (Å²) in [5.74, 6) is -0.313. The van der Waals surface area contributed by atoms with Gasteiger partial charge < -0.3 is 10.5 Å². The Balaban J connectivity index is 1.98. The van der Waals surface area contributed by atoms with Crippen LogP contribution in [0.3, 0.4) is 0 Å². The van der Waals surface area contributed by atoms with Crippen LogP contribution in [-0.4, -0.2) is 14.9 Å². The van der Waals surface area contributed by atoms with E-state index in [9.17, 15) is 14.4 Å². The zero-order valence-corrected chi connectivity index (χ0v) is 11.0. The van der Waals surface area contributed by atoms with Crippen molar-refractivity contribution in [3.8, 4) is 0 Å². The second kappa shape index (κ2) is 5.24. The maximum absolute atomic E-state index is 13.1. The van der Waals surface area contributed by atoms with E-state index in [4.69, 9.17) is 0 Å². The number of anilines is 1. The lowest BCUT2D eigenvalue weighted by atomic mass is 10.2. The molecule has 0 spiro atoms. The minimum atomic E-state index is -0.581. The first-order valence-corrected chi connectivity index (χ1v) is 6.33. The van der Waals surface area contributed by atoms with Crippen LogP contribution in [0.25, 0.3) is 11.0 Å². The molecule has 0 atom stereocenters. The fourth-order valence-electron chi connectivity index (χ4n) is 2.13. The normalized spacial score (nSPS) is 10.7. The molecule has 0 saturated carbocycles. The molecule has 0 aliphatic rings. The standard InChI is InChI=1S/C15H12FN3O2/c16-11-4-1-3-10(7-11)9-18-13-8-14(20)19(21)15-12(13)5-2-6-17-15/h1-8,18,21H,9H2. The van der Waals surface area contributed by atoms with Crippen molar-refractivity contribution in [1.82, 2.24) is 9.71 Å². The fraction of sp³-hybridized carbons (Fsp3) is 0.0667. The molecule has 0 bridgehead atoms. The third-order valence-electron chi connectivity index (χ3n) is 3.13. The number of hydrogen-bond donors (Lipinski definition) is 2. The van der Waals surface area contributed by atoms with Gasteiger partial charge in [0.15, 0.2) is 5.65 Å². The van der Waals surface area contributed by atoms with Crippen molar-refractivity contribution in [1.29, 1.82) is 0 Å². The Morgan fingerprint density at radius 1 is 1.24 bits per heavy atom. The van der Waals surface area contributed by atoms with E-state index in [-0.39, 0.29) is 11.5 Å². The zero-order valence-electron chi connectivity index (χ0n) is 11.0. The van der Waals surface area contributed by atoms with Gasteiger partial charge >= 0.3 is 0 Å². The summed E-state index contributed by atoms with van der Waals surface area (Å²) in [6.45, 7) is 0.358. The van der Waals surface area contributed by atoms with Gasteiger partial charge in [0.25, 0.3) is 5.56 Å². The Hall–Kier alpha value is -2.89. The minimum absolute atomic E-state index is 0.173. The fourth-order valence-corrected chi connectivity index (χ4v) is 2.13. The molecular formula is C15H12FN3O2. The van der Waals surface area contributed by atoms with E-state index in [0.29, 0.717) is 22.3 Å². The summed E-state index contributed by atoms with van der Waals surface area (Å²) in [4.78, 5) is 15.7. The highest BCUT2D eigenvalue weighted by molar-refractivity contribution is 5.88. The smallest absolute Gasteiger partial charge is 0.286 e. The lowest BCUT2D eigenvalue weighted by Crippen LogP contribution is -2.19. The summed E-state index contributed by atoms with van der Waals surface area (Å²) < 4.78 is 13.6. The average Bonchev–Trinajstić information content (AvgIpc) is 2.50. The second-order valence-electron chi connectivity index (χ2n) is 4.57. The molecule has 5 nitrogen and oxygen atoms in total.